The number of carbonyl (C=O) groups excluding carboxylic acids is 1. The SMILES string of the molecule is COc1ncccc1-c1c(C(=O)OC(C)(C)C)n(Cc2ccccc2F)c2ccc(C)cc12.Cc1ccc2c(c1)c1c3cccnc3oc(=O)c1n2Cc1ccccc1F. The summed E-state index contributed by atoms with van der Waals surface area (Å²) in [5.74, 6) is -0.726. The maximum Gasteiger partial charge on any atom is 0.362 e. The van der Waals surface area contributed by atoms with Crippen molar-refractivity contribution < 1.29 is 27.5 Å². The Hall–Kier alpha value is -7.14. The molecular weight excluding hydrogens is 763 g/mol. The number of rotatable bonds is 7. The monoisotopic (exact) mass is 804 g/mol. The highest BCUT2D eigenvalue weighted by atomic mass is 19.1. The van der Waals surface area contributed by atoms with Crippen molar-refractivity contribution in [1.82, 2.24) is 19.1 Å². The Morgan fingerprint density at radius 2 is 1.30 bits per heavy atom. The molecule has 0 bridgehead atoms. The summed E-state index contributed by atoms with van der Waals surface area (Å²) in [7, 11) is 1.54. The van der Waals surface area contributed by atoms with E-state index in [9.17, 15) is 18.4 Å². The van der Waals surface area contributed by atoms with Gasteiger partial charge in [-0.2, -0.15) is 0 Å². The zero-order chi connectivity index (χ0) is 42.3. The third-order valence-electron chi connectivity index (χ3n) is 10.3. The van der Waals surface area contributed by atoms with Gasteiger partial charge in [-0.3, -0.25) is 0 Å². The smallest absolute Gasteiger partial charge is 0.362 e. The number of carbonyl (C=O) groups is 1. The van der Waals surface area contributed by atoms with Crippen molar-refractivity contribution in [3.8, 4) is 17.0 Å². The lowest BCUT2D eigenvalue weighted by Crippen LogP contribution is -2.26. The second kappa shape index (κ2) is 15.9. The molecule has 0 amide bonds. The maximum atomic E-state index is 14.6. The molecule has 4 aromatic carbocycles. The van der Waals surface area contributed by atoms with Crippen molar-refractivity contribution in [3.05, 3.63) is 172 Å². The fourth-order valence-electron chi connectivity index (χ4n) is 7.70. The minimum atomic E-state index is -0.706. The van der Waals surface area contributed by atoms with Crippen molar-refractivity contribution in [2.45, 2.75) is 53.3 Å². The molecule has 0 N–H and O–H groups in total. The molecule has 302 valence electrons. The van der Waals surface area contributed by atoms with Crippen LogP contribution in [0, 0.1) is 25.5 Å². The van der Waals surface area contributed by atoms with Gasteiger partial charge < -0.3 is 23.0 Å². The van der Waals surface area contributed by atoms with Gasteiger partial charge in [-0.25, -0.2) is 28.3 Å². The fourth-order valence-corrected chi connectivity index (χ4v) is 7.70. The van der Waals surface area contributed by atoms with Gasteiger partial charge in [-0.05, 0) is 95.3 Å². The Balaban J connectivity index is 0.000000169. The highest BCUT2D eigenvalue weighted by Crippen LogP contribution is 2.41. The number of benzene rings is 4. The highest BCUT2D eigenvalue weighted by molar-refractivity contribution is 6.18. The Labute approximate surface area is 344 Å². The van der Waals surface area contributed by atoms with E-state index in [1.165, 1.54) is 12.1 Å². The minimum absolute atomic E-state index is 0.170. The molecule has 0 saturated heterocycles. The van der Waals surface area contributed by atoms with Crippen LogP contribution in [0.2, 0.25) is 0 Å². The van der Waals surface area contributed by atoms with Gasteiger partial charge in [0.05, 0.1) is 20.2 Å². The standard InChI is InChI=1S/C27H27FN2O3.C22H15FN2O2/c1-17-12-13-22-20(15-17)23(19-10-8-14-29-25(19)32-5)24(26(31)33-27(2,3)4)30(22)16-18-9-6-7-11-21(18)28;1-13-8-9-18-16(11-13)19-15-6-4-10-24-21(15)27-22(26)20(19)25(18)12-14-5-2-3-7-17(14)23/h6-15H,16H2,1-5H3;2-11H,12H2,1H3. The molecule has 0 atom stereocenters. The molecule has 0 unspecified atom stereocenters. The number of methoxy groups -OCH3 is 1. The second-order valence-corrected chi connectivity index (χ2v) is 15.7. The number of halogens is 2. The lowest BCUT2D eigenvalue weighted by atomic mass is 10.0. The molecule has 5 aromatic heterocycles. The zero-order valence-corrected chi connectivity index (χ0v) is 34.0. The van der Waals surface area contributed by atoms with E-state index in [1.807, 2.05) is 98.4 Å². The Bertz CT molecular complexity index is 3160. The number of nitrogens with zero attached hydrogens (tertiary/aromatic N) is 4. The van der Waals surface area contributed by atoms with Gasteiger partial charge in [0, 0.05) is 67.2 Å². The first-order valence-corrected chi connectivity index (χ1v) is 19.5. The van der Waals surface area contributed by atoms with Crippen LogP contribution in [-0.4, -0.2) is 37.8 Å². The first-order valence-electron chi connectivity index (χ1n) is 19.5. The quantitative estimate of drug-likeness (QED) is 0.148. The van der Waals surface area contributed by atoms with E-state index in [2.05, 4.69) is 9.97 Å². The predicted octanol–water partition coefficient (Wildman–Crippen LogP) is 11.0. The van der Waals surface area contributed by atoms with E-state index in [1.54, 1.807) is 62.0 Å². The first kappa shape index (κ1) is 39.7. The number of ether oxygens (including phenoxy) is 2. The fraction of sp³-hybridized carbons (Fsp3) is 0.184. The zero-order valence-electron chi connectivity index (χ0n) is 34.0. The molecule has 0 spiro atoms. The normalized spacial score (nSPS) is 11.6. The van der Waals surface area contributed by atoms with Crippen LogP contribution >= 0.6 is 0 Å². The summed E-state index contributed by atoms with van der Waals surface area (Å²) in [4.78, 5) is 35.0. The van der Waals surface area contributed by atoms with E-state index >= 15 is 0 Å². The maximum absolute atomic E-state index is 14.6. The molecule has 0 aliphatic rings. The average molecular weight is 805 g/mol. The summed E-state index contributed by atoms with van der Waals surface area (Å²) in [6.45, 7) is 9.88. The van der Waals surface area contributed by atoms with Crippen molar-refractivity contribution in [1.29, 1.82) is 0 Å². The highest BCUT2D eigenvalue weighted by Gasteiger charge is 2.30. The number of hydrogen-bond acceptors (Lipinski definition) is 7. The Kier molecular flexibility index (Phi) is 10.5. The summed E-state index contributed by atoms with van der Waals surface area (Å²) >= 11 is 0. The van der Waals surface area contributed by atoms with E-state index in [0.717, 1.165) is 43.7 Å². The lowest BCUT2D eigenvalue weighted by molar-refractivity contribution is 0.00595. The van der Waals surface area contributed by atoms with Gasteiger partial charge in [0.2, 0.25) is 11.6 Å². The van der Waals surface area contributed by atoms with Gasteiger partial charge in [0.15, 0.2) is 0 Å². The van der Waals surface area contributed by atoms with Crippen molar-refractivity contribution in [3.63, 3.8) is 0 Å². The number of fused-ring (bicyclic) bond motifs is 6. The molecule has 60 heavy (non-hydrogen) atoms. The number of aromatic nitrogens is 4. The molecule has 9 aromatic rings. The topological polar surface area (TPSA) is 101 Å². The molecule has 0 radical (unpaired) electrons. The molecule has 5 heterocycles. The van der Waals surface area contributed by atoms with Gasteiger partial charge in [0.1, 0.15) is 28.4 Å². The molecule has 0 aliphatic carbocycles. The number of aryl methyl sites for hydroxylation is 2. The van der Waals surface area contributed by atoms with Crippen molar-refractivity contribution in [2.75, 3.05) is 7.11 Å². The van der Waals surface area contributed by atoms with Crippen LogP contribution in [0.25, 0.3) is 54.9 Å². The molecule has 9 nitrogen and oxygen atoms in total. The van der Waals surface area contributed by atoms with Crippen LogP contribution in [0.15, 0.2) is 131 Å². The summed E-state index contributed by atoms with van der Waals surface area (Å²) in [6.07, 6.45) is 3.24. The number of pyridine rings is 2. The first-order chi connectivity index (χ1) is 28.8. The van der Waals surface area contributed by atoms with Crippen LogP contribution in [0.5, 0.6) is 5.88 Å². The number of hydrogen-bond donors (Lipinski definition) is 0. The molecule has 0 saturated carbocycles. The summed E-state index contributed by atoms with van der Waals surface area (Å²) in [5, 5.41) is 3.35. The minimum Gasteiger partial charge on any atom is -0.481 e. The van der Waals surface area contributed by atoms with Gasteiger partial charge in [-0.15, -0.1) is 0 Å². The van der Waals surface area contributed by atoms with Crippen LogP contribution < -0.4 is 10.4 Å². The molecule has 0 fully saturated rings. The van der Waals surface area contributed by atoms with Crippen LogP contribution in [0.4, 0.5) is 8.78 Å². The van der Waals surface area contributed by atoms with Crippen LogP contribution in [0.1, 0.15) is 53.5 Å². The summed E-state index contributed by atoms with van der Waals surface area (Å²) in [6, 6.07) is 32.5. The van der Waals surface area contributed by atoms with Crippen molar-refractivity contribution in [2.24, 2.45) is 0 Å². The summed E-state index contributed by atoms with van der Waals surface area (Å²) in [5.41, 5.74) is 5.99. The van der Waals surface area contributed by atoms with E-state index in [-0.39, 0.29) is 24.7 Å². The molecule has 11 heteroatoms. The predicted molar refractivity (Wildman–Crippen MR) is 231 cm³/mol. The summed E-state index contributed by atoms with van der Waals surface area (Å²) < 4.78 is 49.4. The van der Waals surface area contributed by atoms with Gasteiger partial charge in [0.25, 0.3) is 0 Å². The third kappa shape index (κ3) is 7.50. The third-order valence-corrected chi connectivity index (χ3v) is 10.3. The largest absolute Gasteiger partial charge is 0.481 e. The van der Waals surface area contributed by atoms with Crippen molar-refractivity contribution >= 4 is 49.8 Å². The van der Waals surface area contributed by atoms with Gasteiger partial charge in [-0.1, -0.05) is 59.7 Å². The lowest BCUT2D eigenvalue weighted by Gasteiger charge is -2.21. The molecule has 0 aliphatic heterocycles. The van der Waals surface area contributed by atoms with Gasteiger partial charge >= 0.3 is 11.6 Å². The average Bonchev–Trinajstić information content (AvgIpc) is 3.71. The number of esters is 1. The van der Waals surface area contributed by atoms with E-state index in [0.29, 0.717) is 45.1 Å². The second-order valence-electron chi connectivity index (χ2n) is 15.7. The van der Waals surface area contributed by atoms with E-state index in [4.69, 9.17) is 13.9 Å². The molecular formula is C49H42F2N4O5. The Morgan fingerprint density at radius 3 is 1.93 bits per heavy atom. The van der Waals surface area contributed by atoms with Crippen LogP contribution in [-0.2, 0) is 17.8 Å². The van der Waals surface area contributed by atoms with Crippen LogP contribution in [0.3, 0.4) is 0 Å². The molecule has 9 rings (SSSR count). The van der Waals surface area contributed by atoms with E-state index < -0.39 is 17.2 Å². The Morgan fingerprint density at radius 1 is 0.717 bits per heavy atom.